The van der Waals surface area contributed by atoms with Crippen molar-refractivity contribution in [1.29, 1.82) is 0 Å². The predicted molar refractivity (Wildman–Crippen MR) is 175 cm³/mol. The van der Waals surface area contributed by atoms with Gasteiger partial charge in [0.15, 0.2) is 0 Å². The lowest BCUT2D eigenvalue weighted by Gasteiger charge is -2.31. The number of nitrogens with zero attached hydrogens (tertiary/aromatic N) is 2. The van der Waals surface area contributed by atoms with Gasteiger partial charge >= 0.3 is 5.97 Å². The standard InChI is InChI=1S/C33H44ClFN3O4P/c1-4-25-9-8-16-38(23(3)12-13-29(43)5-2)32(10-6-7-11-33(39)40)36-15-14-30(25)31-20-28(42-37-31)22-41-21-24-17-26(34)19-27(35)18-24/h5,8-9,12-15,17-20,23,25,30-31,37H,4,6-7,10-11,16,21-22,43H2,1-3H3,(H,39,40)/b9-8+,13-12-,15-14+,29-5+,36-32?. The van der Waals surface area contributed by atoms with E-state index in [0.29, 0.717) is 35.7 Å². The number of aliphatic carboxylic acids is 1. The minimum Gasteiger partial charge on any atom is -0.481 e. The molecule has 0 saturated heterocycles. The van der Waals surface area contributed by atoms with Crippen LogP contribution in [0.5, 0.6) is 0 Å². The Labute approximate surface area is 262 Å². The number of carboxylic acid groups (broad SMARTS) is 1. The van der Waals surface area contributed by atoms with Crippen LogP contribution in [-0.4, -0.2) is 47.0 Å². The molecule has 0 saturated carbocycles. The molecule has 2 aliphatic rings. The molecule has 0 spiro atoms. The number of hydrogen-bond donors (Lipinski definition) is 2. The van der Waals surface area contributed by atoms with Crippen LogP contribution in [0.2, 0.25) is 5.02 Å². The average molecular weight is 632 g/mol. The zero-order chi connectivity index (χ0) is 31.2. The van der Waals surface area contributed by atoms with Crippen molar-refractivity contribution in [2.75, 3.05) is 13.2 Å². The molecule has 43 heavy (non-hydrogen) atoms. The molecule has 5 unspecified atom stereocenters. The molecule has 0 fully saturated rings. The smallest absolute Gasteiger partial charge is 0.303 e. The van der Waals surface area contributed by atoms with E-state index in [2.05, 4.69) is 63.8 Å². The first-order valence-electron chi connectivity index (χ1n) is 14.8. The summed E-state index contributed by atoms with van der Waals surface area (Å²) in [6.07, 6.45) is 19.9. The van der Waals surface area contributed by atoms with Gasteiger partial charge in [-0.1, -0.05) is 55.0 Å². The Morgan fingerprint density at radius 2 is 2.14 bits per heavy atom. The molecule has 7 nitrogen and oxygen atoms in total. The first-order valence-corrected chi connectivity index (χ1v) is 15.8. The maximum absolute atomic E-state index is 13.6. The van der Waals surface area contributed by atoms with E-state index in [4.69, 9.17) is 31.3 Å². The lowest BCUT2D eigenvalue weighted by molar-refractivity contribution is -0.137. The van der Waals surface area contributed by atoms with Crippen molar-refractivity contribution in [3.63, 3.8) is 0 Å². The second-order valence-electron chi connectivity index (χ2n) is 10.8. The van der Waals surface area contributed by atoms with Crippen molar-refractivity contribution in [2.24, 2.45) is 16.8 Å². The number of halogens is 2. The summed E-state index contributed by atoms with van der Waals surface area (Å²) >= 11 is 5.95. The van der Waals surface area contributed by atoms with Crippen LogP contribution in [0, 0.1) is 17.7 Å². The van der Waals surface area contributed by atoms with Gasteiger partial charge in [0.25, 0.3) is 0 Å². The second kappa shape index (κ2) is 18.1. The molecule has 1 aromatic carbocycles. The van der Waals surface area contributed by atoms with Gasteiger partial charge in [-0.25, -0.2) is 9.38 Å². The Hall–Kier alpha value is -2.77. The molecule has 0 radical (unpaired) electrons. The molecular weight excluding hydrogens is 588 g/mol. The van der Waals surface area contributed by atoms with E-state index < -0.39 is 11.8 Å². The van der Waals surface area contributed by atoms with Gasteiger partial charge in [0.1, 0.15) is 24.0 Å². The van der Waals surface area contributed by atoms with Crippen LogP contribution in [0.1, 0.15) is 58.4 Å². The molecule has 1 aromatic rings. The number of aliphatic imine (C=N–C) groups is 1. The quantitative estimate of drug-likeness (QED) is 0.0953. The highest BCUT2D eigenvalue weighted by atomic mass is 35.5. The number of carbonyl (C=O) groups is 1. The van der Waals surface area contributed by atoms with E-state index in [1.165, 1.54) is 12.1 Å². The van der Waals surface area contributed by atoms with E-state index >= 15 is 0 Å². The molecule has 0 aliphatic carbocycles. The molecule has 3 rings (SSSR count). The first kappa shape index (κ1) is 34.7. The Morgan fingerprint density at radius 3 is 2.86 bits per heavy atom. The van der Waals surface area contributed by atoms with Gasteiger partial charge in [-0.05, 0) is 74.2 Å². The number of ether oxygens (including phenoxy) is 1. The Balaban J connectivity index is 1.76. The number of hydrogen-bond acceptors (Lipinski definition) is 6. The van der Waals surface area contributed by atoms with Crippen LogP contribution < -0.4 is 5.48 Å². The van der Waals surface area contributed by atoms with Crippen molar-refractivity contribution < 1.29 is 23.9 Å². The lowest BCUT2D eigenvalue weighted by atomic mass is 9.83. The van der Waals surface area contributed by atoms with E-state index in [9.17, 15) is 9.18 Å². The summed E-state index contributed by atoms with van der Waals surface area (Å²) in [4.78, 5) is 24.0. The molecular formula is C33H44ClFN3O4P. The molecule has 0 aromatic heterocycles. The van der Waals surface area contributed by atoms with Crippen LogP contribution in [0.15, 0.2) is 83.0 Å². The maximum atomic E-state index is 13.6. The summed E-state index contributed by atoms with van der Waals surface area (Å²) in [5, 5.41) is 10.5. The van der Waals surface area contributed by atoms with Crippen LogP contribution >= 0.6 is 20.8 Å². The molecule has 0 amide bonds. The molecule has 2 heterocycles. The van der Waals surface area contributed by atoms with Gasteiger partial charge in [0.2, 0.25) is 0 Å². The fourth-order valence-electron chi connectivity index (χ4n) is 5.08. The number of rotatable bonds is 14. The monoisotopic (exact) mass is 631 g/mol. The third-order valence-electron chi connectivity index (χ3n) is 7.49. The SMILES string of the molecule is C/C=C(P)\C=C/C(C)N1C/C=C/C(CC)C(C2C=C(COCc3cc(F)cc(Cl)c3)ON2)/C=C/N=C1CCCCC(=O)O. The number of amidine groups is 1. The lowest BCUT2D eigenvalue weighted by Crippen LogP contribution is -2.38. The normalized spacial score (nSPS) is 23.4. The number of nitrogens with one attached hydrogen (secondary N) is 1. The fourth-order valence-corrected chi connectivity index (χ4v) is 5.44. The topological polar surface area (TPSA) is 83.4 Å². The summed E-state index contributed by atoms with van der Waals surface area (Å²) < 4.78 is 19.4. The van der Waals surface area contributed by atoms with Gasteiger partial charge in [0, 0.05) is 42.6 Å². The van der Waals surface area contributed by atoms with Crippen molar-refractivity contribution in [3.05, 3.63) is 94.4 Å². The molecule has 10 heteroatoms. The summed E-state index contributed by atoms with van der Waals surface area (Å²) in [5.74, 6) is 0.746. The minimum absolute atomic E-state index is 0.0796. The number of carboxylic acids is 1. The number of unbranched alkanes of at least 4 members (excludes halogenated alkanes) is 1. The van der Waals surface area contributed by atoms with Gasteiger partial charge in [-0.2, -0.15) is 0 Å². The molecule has 0 bridgehead atoms. The van der Waals surface area contributed by atoms with E-state index in [-0.39, 0.29) is 43.6 Å². The number of hydroxylamine groups is 1. The highest BCUT2D eigenvalue weighted by molar-refractivity contribution is 7.22. The fraction of sp³-hybridized carbons (Fsp3) is 0.455. The average Bonchev–Trinajstić information content (AvgIpc) is 3.44. The highest BCUT2D eigenvalue weighted by Crippen LogP contribution is 2.28. The van der Waals surface area contributed by atoms with Crippen molar-refractivity contribution in [2.45, 2.75) is 71.6 Å². The molecule has 2 aliphatic heterocycles. The number of allylic oxidation sites excluding steroid dienone is 4. The third-order valence-corrected chi connectivity index (χ3v) is 8.23. The largest absolute Gasteiger partial charge is 0.481 e. The summed E-state index contributed by atoms with van der Waals surface area (Å²) in [6, 6.07) is 4.36. The maximum Gasteiger partial charge on any atom is 0.303 e. The van der Waals surface area contributed by atoms with Crippen molar-refractivity contribution >= 4 is 32.6 Å². The zero-order valence-corrected chi connectivity index (χ0v) is 27.1. The molecule has 5 atom stereocenters. The second-order valence-corrected chi connectivity index (χ2v) is 11.9. The van der Waals surface area contributed by atoms with Crippen LogP contribution in [-0.2, 0) is 21.0 Å². The summed E-state index contributed by atoms with van der Waals surface area (Å²) in [7, 11) is 2.73. The predicted octanol–water partition coefficient (Wildman–Crippen LogP) is 7.58. The van der Waals surface area contributed by atoms with E-state index in [1.807, 2.05) is 25.3 Å². The third kappa shape index (κ3) is 11.7. The zero-order valence-electron chi connectivity index (χ0n) is 25.2. The minimum atomic E-state index is -0.779. The summed E-state index contributed by atoms with van der Waals surface area (Å²) in [6.45, 7) is 7.48. The van der Waals surface area contributed by atoms with Gasteiger partial charge < -0.3 is 19.6 Å². The van der Waals surface area contributed by atoms with Gasteiger partial charge in [-0.15, -0.1) is 14.7 Å². The van der Waals surface area contributed by atoms with Crippen LogP contribution in [0.4, 0.5) is 4.39 Å². The Bertz CT molecular complexity index is 1240. The van der Waals surface area contributed by atoms with Crippen LogP contribution in [0.25, 0.3) is 0 Å². The van der Waals surface area contributed by atoms with Crippen molar-refractivity contribution in [3.8, 4) is 0 Å². The van der Waals surface area contributed by atoms with Crippen LogP contribution in [0.3, 0.4) is 0 Å². The Morgan fingerprint density at radius 1 is 1.33 bits per heavy atom. The van der Waals surface area contributed by atoms with E-state index in [1.54, 1.807) is 6.07 Å². The molecule has 234 valence electrons. The highest BCUT2D eigenvalue weighted by Gasteiger charge is 2.29. The van der Waals surface area contributed by atoms with Crippen molar-refractivity contribution in [1.82, 2.24) is 10.4 Å². The van der Waals surface area contributed by atoms with Gasteiger partial charge in [-0.3, -0.25) is 4.79 Å². The number of benzene rings is 1. The first-order chi connectivity index (χ1) is 20.7. The molecule has 2 N–H and O–H groups in total. The Kier molecular flexibility index (Phi) is 14.6. The summed E-state index contributed by atoms with van der Waals surface area (Å²) in [5.41, 5.74) is 3.80. The van der Waals surface area contributed by atoms with Gasteiger partial charge in [0.05, 0.1) is 12.6 Å². The van der Waals surface area contributed by atoms with E-state index in [0.717, 1.165) is 24.0 Å².